The van der Waals surface area contributed by atoms with Gasteiger partial charge in [0.15, 0.2) is 0 Å². The molecule has 0 atom stereocenters. The van der Waals surface area contributed by atoms with Crippen LogP contribution < -0.4 is 0 Å². The average Bonchev–Trinajstić information content (AvgIpc) is 2.73. The van der Waals surface area contributed by atoms with Gasteiger partial charge in [-0.1, -0.05) is 53.2 Å². The topological polar surface area (TPSA) is 55.8 Å². The first-order chi connectivity index (χ1) is 14.2. The third-order valence-corrected chi connectivity index (χ3v) is 6.27. The van der Waals surface area contributed by atoms with Crippen LogP contribution >= 0.6 is 0 Å². The maximum Gasteiger partial charge on any atom is 0.409 e. The van der Waals surface area contributed by atoms with Crippen molar-refractivity contribution < 1.29 is 19.1 Å². The summed E-state index contributed by atoms with van der Waals surface area (Å²) in [7, 11) is 0. The molecule has 0 spiro atoms. The molecule has 1 amide bonds. The Hall–Kier alpha value is -2.04. The number of carbonyl (C=O) groups excluding carboxylic acids is 2. The molecular formula is C25H41NO4. The van der Waals surface area contributed by atoms with Gasteiger partial charge in [-0.2, -0.15) is 0 Å². The number of esters is 1. The van der Waals surface area contributed by atoms with Gasteiger partial charge in [-0.05, 0) is 56.2 Å². The Balaban J connectivity index is 2.84. The van der Waals surface area contributed by atoms with Crippen LogP contribution in [0.15, 0.2) is 24.3 Å². The van der Waals surface area contributed by atoms with Gasteiger partial charge in [-0.3, -0.25) is 0 Å². The van der Waals surface area contributed by atoms with Gasteiger partial charge in [0.2, 0.25) is 0 Å². The molecule has 0 aliphatic heterocycles. The fourth-order valence-electron chi connectivity index (χ4n) is 3.62. The van der Waals surface area contributed by atoms with E-state index in [4.69, 9.17) is 9.47 Å². The van der Waals surface area contributed by atoms with Crippen molar-refractivity contribution in [3.63, 3.8) is 0 Å². The predicted molar refractivity (Wildman–Crippen MR) is 122 cm³/mol. The van der Waals surface area contributed by atoms with Gasteiger partial charge in [-0.15, -0.1) is 0 Å². The highest BCUT2D eigenvalue weighted by atomic mass is 16.6. The largest absolute Gasteiger partial charge is 0.461 e. The molecule has 0 saturated heterocycles. The summed E-state index contributed by atoms with van der Waals surface area (Å²) in [6.07, 6.45) is 2.99. The van der Waals surface area contributed by atoms with Gasteiger partial charge in [0.05, 0.1) is 5.56 Å². The van der Waals surface area contributed by atoms with Crippen molar-refractivity contribution in [1.29, 1.82) is 0 Å². The lowest BCUT2D eigenvalue weighted by molar-refractivity contribution is -0.0462. The maximum atomic E-state index is 12.7. The first-order valence-corrected chi connectivity index (χ1v) is 11.4. The van der Waals surface area contributed by atoms with E-state index >= 15 is 0 Å². The van der Waals surface area contributed by atoms with Crippen LogP contribution in [0, 0.1) is 17.3 Å². The minimum atomic E-state index is -0.445. The number of ether oxygens (including phenoxy) is 2. The summed E-state index contributed by atoms with van der Waals surface area (Å²) in [5.41, 5.74) is 1.34. The molecule has 0 radical (unpaired) electrons. The molecule has 0 bridgehead atoms. The van der Waals surface area contributed by atoms with Gasteiger partial charge in [0.25, 0.3) is 0 Å². The second-order valence-electron chi connectivity index (χ2n) is 8.65. The molecule has 0 heterocycles. The first-order valence-electron chi connectivity index (χ1n) is 11.4. The molecule has 170 valence electrons. The molecular weight excluding hydrogens is 378 g/mol. The van der Waals surface area contributed by atoms with Crippen LogP contribution in [0.4, 0.5) is 4.79 Å². The van der Waals surface area contributed by atoms with Crippen molar-refractivity contribution in [3.05, 3.63) is 35.4 Å². The Bertz CT molecular complexity index is 640. The van der Waals surface area contributed by atoms with Crippen LogP contribution in [0.5, 0.6) is 0 Å². The fraction of sp³-hybridized carbons (Fsp3) is 0.680. The number of benzene rings is 1. The van der Waals surface area contributed by atoms with Crippen LogP contribution in [0.25, 0.3) is 0 Å². The van der Waals surface area contributed by atoms with Crippen LogP contribution in [0.3, 0.4) is 0 Å². The van der Waals surface area contributed by atoms with Crippen LogP contribution in [0.2, 0.25) is 0 Å². The molecule has 1 rings (SSSR count). The molecule has 0 aliphatic carbocycles. The van der Waals surface area contributed by atoms with Crippen molar-refractivity contribution in [3.8, 4) is 0 Å². The molecule has 0 saturated carbocycles. The van der Waals surface area contributed by atoms with Gasteiger partial charge >= 0.3 is 12.1 Å². The van der Waals surface area contributed by atoms with E-state index in [0.29, 0.717) is 18.7 Å². The second kappa shape index (κ2) is 12.6. The summed E-state index contributed by atoms with van der Waals surface area (Å²) in [5, 5.41) is 0. The lowest BCUT2D eigenvalue weighted by Crippen LogP contribution is -2.45. The molecule has 5 nitrogen and oxygen atoms in total. The predicted octanol–water partition coefficient (Wildman–Crippen LogP) is 5.96. The third-order valence-electron chi connectivity index (χ3n) is 6.27. The van der Waals surface area contributed by atoms with Crippen molar-refractivity contribution in [1.82, 2.24) is 4.90 Å². The number of aryl methyl sites for hydroxylation is 1. The van der Waals surface area contributed by atoms with E-state index in [9.17, 15) is 9.59 Å². The zero-order valence-corrected chi connectivity index (χ0v) is 20.0. The average molecular weight is 420 g/mol. The molecule has 30 heavy (non-hydrogen) atoms. The number of amides is 1. The Morgan fingerprint density at radius 2 is 1.43 bits per heavy atom. The molecule has 0 fully saturated rings. The van der Waals surface area contributed by atoms with Crippen LogP contribution in [0.1, 0.15) is 77.2 Å². The van der Waals surface area contributed by atoms with E-state index in [1.807, 2.05) is 38.1 Å². The first kappa shape index (κ1) is 26.0. The van der Waals surface area contributed by atoms with Crippen molar-refractivity contribution in [2.45, 2.75) is 67.7 Å². The third kappa shape index (κ3) is 7.03. The van der Waals surface area contributed by atoms with E-state index in [1.54, 1.807) is 4.90 Å². The van der Waals surface area contributed by atoms with Gasteiger partial charge in [0.1, 0.15) is 13.2 Å². The summed E-state index contributed by atoms with van der Waals surface area (Å²) in [5.74, 6) is 0.00947. The minimum Gasteiger partial charge on any atom is -0.461 e. The van der Waals surface area contributed by atoms with Gasteiger partial charge in [0, 0.05) is 18.5 Å². The number of carbonyl (C=O) groups is 2. The standard InChI is InChI=1S/C25H41NO4/c1-8-11-12-21-13-15-22(16-14-21)23(27)29-17-25(19(4)5,20(6)7)18-30-24(28)26(9-2)10-3/h13-16,19-20H,8-12,17-18H2,1-7H3. The number of rotatable bonds is 12. The van der Waals surface area contributed by atoms with Crippen molar-refractivity contribution in [2.24, 2.45) is 17.3 Å². The number of unbranched alkanes of at least 4 members (excludes halogenated alkanes) is 1. The van der Waals surface area contributed by atoms with E-state index in [2.05, 4.69) is 34.6 Å². The zero-order valence-electron chi connectivity index (χ0n) is 20.0. The smallest absolute Gasteiger partial charge is 0.409 e. The number of nitrogens with zero attached hydrogens (tertiary/aromatic N) is 1. The van der Waals surface area contributed by atoms with Crippen molar-refractivity contribution in [2.75, 3.05) is 26.3 Å². The summed E-state index contributed by atoms with van der Waals surface area (Å²) >= 11 is 0. The second-order valence-corrected chi connectivity index (χ2v) is 8.65. The highest BCUT2D eigenvalue weighted by molar-refractivity contribution is 5.89. The summed E-state index contributed by atoms with van der Waals surface area (Å²) in [6, 6.07) is 7.66. The molecule has 0 unspecified atom stereocenters. The van der Waals surface area contributed by atoms with Crippen molar-refractivity contribution >= 4 is 12.1 Å². The fourth-order valence-corrected chi connectivity index (χ4v) is 3.62. The Kier molecular flexibility index (Phi) is 10.9. The molecule has 5 heteroatoms. The van der Waals surface area contributed by atoms with E-state index in [1.165, 1.54) is 5.56 Å². The normalized spacial score (nSPS) is 11.6. The summed E-state index contributed by atoms with van der Waals surface area (Å²) in [4.78, 5) is 26.7. The highest BCUT2D eigenvalue weighted by Crippen LogP contribution is 2.37. The Labute approximate surface area is 183 Å². The Morgan fingerprint density at radius 3 is 1.90 bits per heavy atom. The molecule has 0 N–H and O–H groups in total. The van der Waals surface area contributed by atoms with Crippen LogP contribution in [-0.2, 0) is 15.9 Å². The molecule has 0 aliphatic rings. The summed E-state index contributed by atoms with van der Waals surface area (Å²) in [6.45, 7) is 16.0. The quantitative estimate of drug-likeness (QED) is 0.392. The SMILES string of the molecule is CCCCc1ccc(C(=O)OCC(COC(=O)N(CC)CC)(C(C)C)C(C)C)cc1. The van der Waals surface area contributed by atoms with E-state index in [0.717, 1.165) is 19.3 Å². The number of hydrogen-bond donors (Lipinski definition) is 0. The number of hydrogen-bond acceptors (Lipinski definition) is 4. The minimum absolute atomic E-state index is 0.172. The maximum absolute atomic E-state index is 12.7. The molecule has 1 aromatic carbocycles. The lowest BCUT2D eigenvalue weighted by Gasteiger charge is -2.40. The van der Waals surface area contributed by atoms with E-state index in [-0.39, 0.29) is 37.1 Å². The van der Waals surface area contributed by atoms with E-state index < -0.39 is 5.41 Å². The summed E-state index contributed by atoms with van der Waals surface area (Å²) < 4.78 is 11.4. The molecule has 0 aromatic heterocycles. The van der Waals surface area contributed by atoms with Crippen LogP contribution in [-0.4, -0.2) is 43.3 Å². The monoisotopic (exact) mass is 419 g/mol. The lowest BCUT2D eigenvalue weighted by atomic mass is 9.70. The zero-order chi connectivity index (χ0) is 22.7. The van der Waals surface area contributed by atoms with Gasteiger partial charge in [-0.25, -0.2) is 9.59 Å². The van der Waals surface area contributed by atoms with Gasteiger partial charge < -0.3 is 14.4 Å². The Morgan fingerprint density at radius 1 is 0.900 bits per heavy atom. The highest BCUT2D eigenvalue weighted by Gasteiger charge is 2.40. The molecule has 1 aromatic rings.